The summed E-state index contributed by atoms with van der Waals surface area (Å²) in [5, 5.41) is 2.72. The van der Waals surface area contributed by atoms with Gasteiger partial charge in [-0.1, -0.05) is 12.1 Å². The maximum absolute atomic E-state index is 13.2. The quantitative estimate of drug-likeness (QED) is 0.723. The Morgan fingerprint density at radius 1 is 0.929 bits per heavy atom. The molecule has 0 atom stereocenters. The molecule has 28 heavy (non-hydrogen) atoms. The van der Waals surface area contributed by atoms with Crippen molar-refractivity contribution in [2.45, 2.75) is 6.54 Å². The Bertz CT molecular complexity index is 898. The van der Waals surface area contributed by atoms with Gasteiger partial charge in [-0.15, -0.1) is 0 Å². The van der Waals surface area contributed by atoms with Crippen LogP contribution in [0.15, 0.2) is 48.5 Å². The van der Waals surface area contributed by atoms with Gasteiger partial charge in [-0.2, -0.15) is 12.7 Å². The van der Waals surface area contributed by atoms with Crippen molar-refractivity contribution in [2.75, 3.05) is 43.9 Å². The van der Waals surface area contributed by atoms with Gasteiger partial charge in [0.25, 0.3) is 0 Å². The molecule has 1 amide bonds. The normalized spacial score (nSPS) is 11.4. The van der Waals surface area contributed by atoms with Crippen LogP contribution in [0.4, 0.5) is 15.8 Å². The summed E-state index contributed by atoms with van der Waals surface area (Å²) in [4.78, 5) is 14.4. The summed E-state index contributed by atoms with van der Waals surface area (Å²) < 4.78 is 40.3. The molecule has 2 aromatic rings. The van der Waals surface area contributed by atoms with E-state index in [2.05, 4.69) is 5.32 Å². The minimum atomic E-state index is -3.92. The minimum absolute atomic E-state index is 0.209. The van der Waals surface area contributed by atoms with Gasteiger partial charge in [-0.05, 0) is 42.0 Å². The first-order valence-electron chi connectivity index (χ1n) is 8.60. The number of rotatable bonds is 8. The molecule has 0 spiro atoms. The molecule has 0 saturated heterocycles. The van der Waals surface area contributed by atoms with E-state index in [0.717, 1.165) is 32.0 Å². The number of anilines is 2. The predicted octanol–water partition coefficient (Wildman–Crippen LogP) is 1.82. The summed E-state index contributed by atoms with van der Waals surface area (Å²) in [6.45, 7) is -0.145. The van der Waals surface area contributed by atoms with E-state index in [1.54, 1.807) is 0 Å². The zero-order chi connectivity index (χ0) is 20.9. The van der Waals surface area contributed by atoms with Crippen molar-refractivity contribution in [3.63, 3.8) is 0 Å². The number of nitrogens with zero attached hydrogens (tertiary/aromatic N) is 3. The predicted molar refractivity (Wildman–Crippen MR) is 109 cm³/mol. The average molecular weight is 408 g/mol. The number of halogens is 1. The third-order valence-electron chi connectivity index (χ3n) is 4.08. The zero-order valence-electron chi connectivity index (χ0n) is 16.4. The molecule has 0 bridgehead atoms. The zero-order valence-corrected chi connectivity index (χ0v) is 17.2. The van der Waals surface area contributed by atoms with Crippen LogP contribution in [0.25, 0.3) is 0 Å². The Labute approximate surface area is 165 Å². The fourth-order valence-corrected chi connectivity index (χ4v) is 3.47. The summed E-state index contributed by atoms with van der Waals surface area (Å²) in [6, 6.07) is 12.6. The van der Waals surface area contributed by atoms with Crippen LogP contribution in [0.3, 0.4) is 0 Å². The number of hydrogen-bond acceptors (Lipinski definition) is 4. The molecule has 0 saturated carbocycles. The average Bonchev–Trinajstić information content (AvgIpc) is 2.65. The Balaban J connectivity index is 2.10. The summed E-state index contributed by atoms with van der Waals surface area (Å²) in [6.07, 6.45) is 0. The van der Waals surface area contributed by atoms with Gasteiger partial charge in [-0.3, -0.25) is 4.79 Å². The molecule has 0 aliphatic carbocycles. The van der Waals surface area contributed by atoms with Crippen LogP contribution in [0.1, 0.15) is 5.56 Å². The number of carbonyl (C=O) groups excluding carboxylic acids is 1. The van der Waals surface area contributed by atoms with Crippen molar-refractivity contribution >= 4 is 27.5 Å². The summed E-state index contributed by atoms with van der Waals surface area (Å²) in [5.74, 6) is -0.956. The lowest BCUT2D eigenvalue weighted by Gasteiger charge is -2.27. The number of hydrogen-bond donors (Lipinski definition) is 1. The standard InChI is InChI=1S/C19H25FN4O3S/c1-22(2)17-9-5-15(6-10-17)13-21-19(25)14-24(28(26,27)23(3)4)18-11-7-16(20)8-12-18/h5-12H,13-14H2,1-4H3,(H,21,25). The second-order valence-electron chi connectivity index (χ2n) is 6.61. The third kappa shape index (κ3) is 5.43. The fourth-order valence-electron chi connectivity index (χ4n) is 2.41. The maximum Gasteiger partial charge on any atom is 0.304 e. The molecule has 152 valence electrons. The van der Waals surface area contributed by atoms with Gasteiger partial charge in [0, 0.05) is 40.4 Å². The molecule has 0 aliphatic heterocycles. The van der Waals surface area contributed by atoms with E-state index < -0.39 is 28.5 Å². The van der Waals surface area contributed by atoms with Crippen molar-refractivity contribution in [3.8, 4) is 0 Å². The molecule has 2 rings (SSSR count). The first-order chi connectivity index (χ1) is 13.1. The minimum Gasteiger partial charge on any atom is -0.378 e. The van der Waals surface area contributed by atoms with Crippen LogP contribution >= 0.6 is 0 Å². The molecular weight excluding hydrogens is 383 g/mol. The topological polar surface area (TPSA) is 73.0 Å². The van der Waals surface area contributed by atoms with Crippen molar-refractivity contribution < 1.29 is 17.6 Å². The van der Waals surface area contributed by atoms with Gasteiger partial charge in [0.1, 0.15) is 12.4 Å². The lowest BCUT2D eigenvalue weighted by Crippen LogP contribution is -2.45. The molecule has 7 nitrogen and oxygen atoms in total. The fraction of sp³-hybridized carbons (Fsp3) is 0.316. The molecular formula is C19H25FN4O3S. The smallest absolute Gasteiger partial charge is 0.304 e. The molecule has 0 aromatic heterocycles. The Morgan fingerprint density at radius 2 is 1.46 bits per heavy atom. The SMILES string of the molecule is CN(C)c1ccc(CNC(=O)CN(c2ccc(F)cc2)S(=O)(=O)N(C)C)cc1. The number of carbonyl (C=O) groups is 1. The third-order valence-corrected chi connectivity index (χ3v) is 5.90. The maximum atomic E-state index is 13.2. The van der Waals surface area contributed by atoms with E-state index in [9.17, 15) is 17.6 Å². The van der Waals surface area contributed by atoms with Crippen molar-refractivity contribution in [1.82, 2.24) is 9.62 Å². The van der Waals surface area contributed by atoms with Crippen LogP contribution in [-0.2, 0) is 21.5 Å². The van der Waals surface area contributed by atoms with Gasteiger partial charge in [-0.25, -0.2) is 8.70 Å². The summed E-state index contributed by atoms with van der Waals surface area (Å²) in [5.41, 5.74) is 2.14. The van der Waals surface area contributed by atoms with Crippen molar-refractivity contribution in [2.24, 2.45) is 0 Å². The van der Waals surface area contributed by atoms with E-state index in [1.807, 2.05) is 43.3 Å². The van der Waals surface area contributed by atoms with Gasteiger partial charge in [0.15, 0.2) is 0 Å². The van der Waals surface area contributed by atoms with E-state index in [1.165, 1.54) is 26.2 Å². The molecule has 0 heterocycles. The largest absolute Gasteiger partial charge is 0.378 e. The highest BCUT2D eigenvalue weighted by Crippen LogP contribution is 2.19. The van der Waals surface area contributed by atoms with Gasteiger partial charge < -0.3 is 10.2 Å². The Morgan fingerprint density at radius 3 is 1.96 bits per heavy atom. The Hall–Kier alpha value is -2.65. The van der Waals surface area contributed by atoms with Crippen LogP contribution in [-0.4, -0.2) is 53.4 Å². The molecule has 0 fully saturated rings. The molecule has 0 radical (unpaired) electrons. The van der Waals surface area contributed by atoms with Gasteiger partial charge >= 0.3 is 10.2 Å². The molecule has 2 aromatic carbocycles. The monoisotopic (exact) mass is 408 g/mol. The van der Waals surface area contributed by atoms with E-state index in [-0.39, 0.29) is 12.2 Å². The highest BCUT2D eigenvalue weighted by molar-refractivity contribution is 7.90. The Kier molecular flexibility index (Phi) is 6.98. The van der Waals surface area contributed by atoms with Crippen molar-refractivity contribution in [3.05, 3.63) is 59.9 Å². The molecule has 0 aliphatic rings. The molecule has 1 N–H and O–H groups in total. The van der Waals surface area contributed by atoms with Crippen LogP contribution < -0.4 is 14.5 Å². The molecule has 0 unspecified atom stereocenters. The van der Waals surface area contributed by atoms with Crippen LogP contribution in [0.2, 0.25) is 0 Å². The van der Waals surface area contributed by atoms with E-state index in [4.69, 9.17) is 0 Å². The highest BCUT2D eigenvalue weighted by Gasteiger charge is 2.27. The number of amides is 1. The molecule has 9 heteroatoms. The first-order valence-corrected chi connectivity index (χ1v) is 9.99. The van der Waals surface area contributed by atoms with Crippen LogP contribution in [0, 0.1) is 5.82 Å². The van der Waals surface area contributed by atoms with E-state index >= 15 is 0 Å². The van der Waals surface area contributed by atoms with Gasteiger partial charge in [0.05, 0.1) is 5.69 Å². The summed E-state index contributed by atoms with van der Waals surface area (Å²) in [7, 11) is 2.70. The van der Waals surface area contributed by atoms with Crippen molar-refractivity contribution in [1.29, 1.82) is 0 Å². The lowest BCUT2D eigenvalue weighted by atomic mass is 10.2. The first kappa shape index (κ1) is 21.6. The highest BCUT2D eigenvalue weighted by atomic mass is 32.2. The summed E-state index contributed by atoms with van der Waals surface area (Å²) >= 11 is 0. The van der Waals surface area contributed by atoms with Crippen LogP contribution in [0.5, 0.6) is 0 Å². The number of benzene rings is 2. The second-order valence-corrected chi connectivity index (χ2v) is 8.68. The van der Waals surface area contributed by atoms with Gasteiger partial charge in [0.2, 0.25) is 5.91 Å². The second kappa shape index (κ2) is 9.03. The lowest BCUT2D eigenvalue weighted by molar-refractivity contribution is -0.119. The number of nitrogens with one attached hydrogen (secondary N) is 1. The van der Waals surface area contributed by atoms with E-state index in [0.29, 0.717) is 0 Å².